The molecule has 0 aromatic carbocycles. The maximum absolute atomic E-state index is 12.5. The van der Waals surface area contributed by atoms with Gasteiger partial charge in [0.2, 0.25) is 5.91 Å². The average Bonchev–Trinajstić information content (AvgIpc) is 3.31. The van der Waals surface area contributed by atoms with Gasteiger partial charge in [-0.3, -0.25) is 9.36 Å². The van der Waals surface area contributed by atoms with Gasteiger partial charge in [-0.25, -0.2) is 15.0 Å². The highest BCUT2D eigenvalue weighted by Crippen LogP contribution is 2.25. The summed E-state index contributed by atoms with van der Waals surface area (Å²) in [5.41, 5.74) is 1.61. The minimum absolute atomic E-state index is 0.0996. The lowest BCUT2D eigenvalue weighted by Gasteiger charge is -2.04. The van der Waals surface area contributed by atoms with Gasteiger partial charge < -0.3 is 8.83 Å². The van der Waals surface area contributed by atoms with E-state index in [2.05, 4.69) is 15.0 Å². The second-order valence-electron chi connectivity index (χ2n) is 5.36. The van der Waals surface area contributed by atoms with Gasteiger partial charge in [0.15, 0.2) is 11.4 Å². The smallest absolute Gasteiger partial charge is 0.233 e. The van der Waals surface area contributed by atoms with Crippen LogP contribution < -0.4 is 0 Å². The maximum Gasteiger partial charge on any atom is 0.233 e. The first-order chi connectivity index (χ1) is 11.7. The Morgan fingerprint density at radius 1 is 1.17 bits per heavy atom. The van der Waals surface area contributed by atoms with E-state index in [1.54, 1.807) is 37.6 Å². The molecule has 0 bridgehead atoms. The van der Waals surface area contributed by atoms with Gasteiger partial charge >= 0.3 is 0 Å². The van der Waals surface area contributed by atoms with Crippen molar-refractivity contribution in [2.75, 3.05) is 0 Å². The number of fused-ring (bicyclic) bond motifs is 1. The maximum atomic E-state index is 12.5. The Morgan fingerprint density at radius 2 is 2.00 bits per heavy atom. The summed E-state index contributed by atoms with van der Waals surface area (Å²) < 4.78 is 12.1. The Kier molecular flexibility index (Phi) is 3.45. The zero-order chi connectivity index (χ0) is 16.5. The second kappa shape index (κ2) is 5.77. The van der Waals surface area contributed by atoms with Gasteiger partial charge in [0.1, 0.15) is 29.1 Å². The highest BCUT2D eigenvalue weighted by atomic mass is 16.3. The minimum atomic E-state index is -0.0996. The fourth-order valence-electron chi connectivity index (χ4n) is 2.58. The number of carbonyl (C=O) groups is 1. The third kappa shape index (κ3) is 2.50. The SMILES string of the molecule is Cc1nc(-c2ccco2)c2ncn(C(=O)CCc3ccco3)c2n1. The Balaban J connectivity index is 1.70. The molecule has 0 saturated carbocycles. The van der Waals surface area contributed by atoms with Gasteiger partial charge in [0, 0.05) is 12.8 Å². The highest BCUT2D eigenvalue weighted by Gasteiger charge is 2.18. The molecule has 0 unspecified atom stereocenters. The summed E-state index contributed by atoms with van der Waals surface area (Å²) in [4.78, 5) is 25.6. The number of aryl methyl sites for hydroxylation is 2. The van der Waals surface area contributed by atoms with Crippen LogP contribution in [0.2, 0.25) is 0 Å². The van der Waals surface area contributed by atoms with Crippen molar-refractivity contribution in [1.29, 1.82) is 0 Å². The number of carbonyl (C=O) groups excluding carboxylic acids is 1. The van der Waals surface area contributed by atoms with E-state index in [0.29, 0.717) is 41.3 Å². The fourth-order valence-corrected chi connectivity index (χ4v) is 2.58. The first kappa shape index (κ1) is 14.4. The standard InChI is InChI=1S/C17H14N4O3/c1-11-19-15(13-5-3-9-24-13)16-17(20-11)21(10-18-16)14(22)7-6-12-4-2-8-23-12/h2-5,8-10H,6-7H2,1H3. The van der Waals surface area contributed by atoms with E-state index in [4.69, 9.17) is 8.83 Å². The molecule has 0 atom stereocenters. The highest BCUT2D eigenvalue weighted by molar-refractivity contribution is 5.93. The molecule has 0 amide bonds. The number of furan rings is 2. The zero-order valence-electron chi connectivity index (χ0n) is 13.0. The molecule has 0 radical (unpaired) electrons. The van der Waals surface area contributed by atoms with E-state index >= 15 is 0 Å². The number of rotatable bonds is 4. The summed E-state index contributed by atoms with van der Waals surface area (Å²) in [6, 6.07) is 7.24. The van der Waals surface area contributed by atoms with Crippen molar-refractivity contribution in [3.05, 3.63) is 54.7 Å². The van der Waals surface area contributed by atoms with E-state index in [-0.39, 0.29) is 5.91 Å². The molecule has 120 valence electrons. The Hall–Kier alpha value is -3.22. The van der Waals surface area contributed by atoms with Crippen LogP contribution in [0.5, 0.6) is 0 Å². The molecule has 0 fully saturated rings. The summed E-state index contributed by atoms with van der Waals surface area (Å²) in [5.74, 6) is 1.82. The van der Waals surface area contributed by atoms with Crippen molar-refractivity contribution in [3.63, 3.8) is 0 Å². The van der Waals surface area contributed by atoms with E-state index in [1.165, 1.54) is 10.9 Å². The Bertz CT molecular complexity index is 985. The first-order valence-corrected chi connectivity index (χ1v) is 7.53. The van der Waals surface area contributed by atoms with Crippen molar-refractivity contribution in [2.45, 2.75) is 19.8 Å². The quantitative estimate of drug-likeness (QED) is 0.573. The van der Waals surface area contributed by atoms with Crippen LogP contribution in [0, 0.1) is 6.92 Å². The van der Waals surface area contributed by atoms with Crippen LogP contribution >= 0.6 is 0 Å². The van der Waals surface area contributed by atoms with Crippen LogP contribution in [-0.4, -0.2) is 25.4 Å². The summed E-state index contributed by atoms with van der Waals surface area (Å²) in [6.07, 6.45) is 5.48. The second-order valence-corrected chi connectivity index (χ2v) is 5.36. The predicted octanol–water partition coefficient (Wildman–Crippen LogP) is 3.26. The lowest BCUT2D eigenvalue weighted by Crippen LogP contribution is -2.11. The molecular formula is C17H14N4O3. The monoisotopic (exact) mass is 322 g/mol. The summed E-state index contributed by atoms with van der Waals surface area (Å²) in [7, 11) is 0. The number of imidazole rings is 1. The van der Waals surface area contributed by atoms with Crippen molar-refractivity contribution in [3.8, 4) is 11.5 Å². The number of hydrogen-bond acceptors (Lipinski definition) is 6. The van der Waals surface area contributed by atoms with Crippen LogP contribution in [0.1, 0.15) is 22.8 Å². The van der Waals surface area contributed by atoms with Gasteiger partial charge in [-0.05, 0) is 31.2 Å². The molecule has 0 aliphatic heterocycles. The lowest BCUT2D eigenvalue weighted by molar-refractivity contribution is 0.0905. The van der Waals surface area contributed by atoms with Crippen LogP contribution in [0.15, 0.2) is 52.0 Å². The third-order valence-electron chi connectivity index (χ3n) is 3.70. The molecule has 0 spiro atoms. The van der Waals surface area contributed by atoms with Crippen molar-refractivity contribution in [1.82, 2.24) is 19.5 Å². The van der Waals surface area contributed by atoms with Crippen molar-refractivity contribution >= 4 is 17.1 Å². The molecule has 0 saturated heterocycles. The van der Waals surface area contributed by atoms with E-state index in [0.717, 1.165) is 5.76 Å². The van der Waals surface area contributed by atoms with Gasteiger partial charge in [0.05, 0.1) is 12.5 Å². The van der Waals surface area contributed by atoms with Gasteiger partial charge in [0.25, 0.3) is 0 Å². The summed E-state index contributed by atoms with van der Waals surface area (Å²) in [5, 5.41) is 0. The molecule has 4 aromatic rings. The van der Waals surface area contributed by atoms with Gasteiger partial charge in [-0.2, -0.15) is 0 Å². The van der Waals surface area contributed by atoms with Gasteiger partial charge in [-0.1, -0.05) is 0 Å². The van der Waals surface area contributed by atoms with Crippen molar-refractivity contribution in [2.24, 2.45) is 0 Å². The van der Waals surface area contributed by atoms with Crippen LogP contribution in [0.25, 0.3) is 22.6 Å². The molecule has 0 aliphatic carbocycles. The third-order valence-corrected chi connectivity index (χ3v) is 3.70. The predicted molar refractivity (Wildman–Crippen MR) is 85.4 cm³/mol. The first-order valence-electron chi connectivity index (χ1n) is 7.53. The molecule has 7 heteroatoms. The molecular weight excluding hydrogens is 308 g/mol. The molecule has 0 N–H and O–H groups in total. The zero-order valence-corrected chi connectivity index (χ0v) is 13.0. The minimum Gasteiger partial charge on any atom is -0.469 e. The van der Waals surface area contributed by atoms with Crippen molar-refractivity contribution < 1.29 is 13.6 Å². The molecule has 4 rings (SSSR count). The van der Waals surface area contributed by atoms with E-state index in [9.17, 15) is 4.79 Å². The molecule has 4 heterocycles. The number of hydrogen-bond donors (Lipinski definition) is 0. The van der Waals surface area contributed by atoms with E-state index < -0.39 is 0 Å². The largest absolute Gasteiger partial charge is 0.469 e. The van der Waals surface area contributed by atoms with Gasteiger partial charge in [-0.15, -0.1) is 0 Å². The van der Waals surface area contributed by atoms with Crippen LogP contribution in [0.3, 0.4) is 0 Å². The molecule has 24 heavy (non-hydrogen) atoms. The number of aromatic nitrogens is 4. The fraction of sp³-hybridized carbons (Fsp3) is 0.176. The normalized spacial score (nSPS) is 11.2. The topological polar surface area (TPSA) is 87.0 Å². The summed E-state index contributed by atoms with van der Waals surface area (Å²) >= 11 is 0. The molecule has 7 nitrogen and oxygen atoms in total. The Labute approximate surface area is 137 Å². The average molecular weight is 322 g/mol. The van der Waals surface area contributed by atoms with Crippen LogP contribution in [-0.2, 0) is 6.42 Å². The molecule has 4 aromatic heterocycles. The van der Waals surface area contributed by atoms with E-state index in [1.807, 2.05) is 6.07 Å². The Morgan fingerprint density at radius 3 is 2.75 bits per heavy atom. The van der Waals surface area contributed by atoms with Crippen LogP contribution in [0.4, 0.5) is 0 Å². The molecule has 0 aliphatic rings. The summed E-state index contributed by atoms with van der Waals surface area (Å²) in [6.45, 7) is 1.77. The number of nitrogens with zero attached hydrogens (tertiary/aromatic N) is 4. The lowest BCUT2D eigenvalue weighted by atomic mass is 10.2.